The van der Waals surface area contributed by atoms with Gasteiger partial charge >= 0.3 is 0 Å². The van der Waals surface area contributed by atoms with Crippen LogP contribution in [-0.2, 0) is 0 Å². The Balaban J connectivity index is 1.85. The van der Waals surface area contributed by atoms with Crippen molar-refractivity contribution >= 4 is 17.2 Å². The third kappa shape index (κ3) is 1.95. The van der Waals surface area contributed by atoms with Crippen molar-refractivity contribution in [3.05, 3.63) is 39.9 Å². The number of carbonyl (C=O) groups is 1. The summed E-state index contributed by atoms with van der Waals surface area (Å²) in [7, 11) is 0. The van der Waals surface area contributed by atoms with Crippen LogP contribution >= 0.6 is 11.3 Å². The first-order valence-electron chi connectivity index (χ1n) is 6.03. The molecule has 0 N–H and O–H groups in total. The minimum atomic E-state index is 0.0424. The van der Waals surface area contributed by atoms with Gasteiger partial charge in [-0.05, 0) is 31.2 Å². The summed E-state index contributed by atoms with van der Waals surface area (Å²) in [6.07, 6.45) is 1.97. The van der Waals surface area contributed by atoms with Gasteiger partial charge in [-0.2, -0.15) is 0 Å². The maximum Gasteiger partial charge on any atom is 0.264 e. The van der Waals surface area contributed by atoms with Gasteiger partial charge in [-0.3, -0.25) is 4.79 Å². The van der Waals surface area contributed by atoms with E-state index in [1.165, 1.54) is 11.3 Å². The first kappa shape index (κ1) is 11.5. The number of likely N-dealkylation sites (tertiary alicyclic amines) is 1. The van der Waals surface area contributed by atoms with E-state index in [9.17, 15) is 4.79 Å². The van der Waals surface area contributed by atoms with Crippen LogP contribution in [0, 0.1) is 6.92 Å². The number of carbonyl (C=O) groups excluding carboxylic acids is 1. The van der Waals surface area contributed by atoms with Gasteiger partial charge in [0, 0.05) is 12.6 Å². The van der Waals surface area contributed by atoms with Gasteiger partial charge in [-0.25, -0.2) is 0 Å². The summed E-state index contributed by atoms with van der Waals surface area (Å²) in [5.41, 5.74) is 0.862. The van der Waals surface area contributed by atoms with Crippen molar-refractivity contribution in [3.63, 3.8) is 0 Å². The molecule has 1 saturated heterocycles. The van der Waals surface area contributed by atoms with Crippen molar-refractivity contribution < 1.29 is 9.32 Å². The average Bonchev–Trinajstić information content (AvgIpc) is 3.09. The second-order valence-electron chi connectivity index (χ2n) is 4.50. The quantitative estimate of drug-likeness (QED) is 0.835. The first-order chi connectivity index (χ1) is 8.75. The lowest BCUT2D eigenvalue weighted by Crippen LogP contribution is -2.29. The van der Waals surface area contributed by atoms with Gasteiger partial charge in [0.15, 0.2) is 5.76 Å². The lowest BCUT2D eigenvalue weighted by Gasteiger charge is -2.21. The first-order valence-corrected chi connectivity index (χ1v) is 6.91. The lowest BCUT2D eigenvalue weighted by molar-refractivity contribution is 0.0719. The molecule has 0 radical (unpaired) electrons. The van der Waals surface area contributed by atoms with Crippen molar-refractivity contribution in [3.8, 4) is 0 Å². The summed E-state index contributed by atoms with van der Waals surface area (Å²) >= 11 is 1.48. The molecule has 3 rings (SSSR count). The van der Waals surface area contributed by atoms with Crippen molar-refractivity contribution in [1.29, 1.82) is 0 Å². The fourth-order valence-corrected chi connectivity index (χ4v) is 3.07. The highest BCUT2D eigenvalue weighted by atomic mass is 32.1. The molecule has 1 fully saturated rings. The van der Waals surface area contributed by atoms with Crippen LogP contribution in [0.15, 0.2) is 28.1 Å². The van der Waals surface area contributed by atoms with Crippen molar-refractivity contribution in [1.82, 2.24) is 10.1 Å². The highest BCUT2D eigenvalue weighted by Crippen LogP contribution is 2.33. The molecule has 3 heterocycles. The molecular weight excluding hydrogens is 248 g/mol. The molecular formula is C13H14N2O2S. The second-order valence-corrected chi connectivity index (χ2v) is 5.45. The Labute approximate surface area is 109 Å². The highest BCUT2D eigenvalue weighted by molar-refractivity contribution is 7.12. The molecule has 0 aliphatic carbocycles. The fourth-order valence-electron chi connectivity index (χ4n) is 2.39. The molecule has 1 aliphatic rings. The van der Waals surface area contributed by atoms with Crippen LogP contribution in [0.5, 0.6) is 0 Å². The lowest BCUT2D eigenvalue weighted by atomic mass is 10.1. The van der Waals surface area contributed by atoms with Crippen LogP contribution in [-0.4, -0.2) is 22.5 Å². The van der Waals surface area contributed by atoms with E-state index in [4.69, 9.17) is 4.52 Å². The molecule has 5 heteroatoms. The number of hydrogen-bond acceptors (Lipinski definition) is 4. The van der Waals surface area contributed by atoms with Gasteiger partial charge in [0.1, 0.15) is 0 Å². The Kier molecular flexibility index (Phi) is 2.91. The van der Waals surface area contributed by atoms with E-state index >= 15 is 0 Å². The van der Waals surface area contributed by atoms with Gasteiger partial charge in [0.25, 0.3) is 5.91 Å². The predicted molar refractivity (Wildman–Crippen MR) is 68.6 cm³/mol. The van der Waals surface area contributed by atoms with E-state index in [0.717, 1.165) is 35.7 Å². The van der Waals surface area contributed by atoms with E-state index in [1.54, 1.807) is 0 Å². The molecule has 18 heavy (non-hydrogen) atoms. The zero-order chi connectivity index (χ0) is 12.5. The summed E-state index contributed by atoms with van der Waals surface area (Å²) in [6.45, 7) is 2.69. The van der Waals surface area contributed by atoms with Gasteiger partial charge in [0.2, 0.25) is 0 Å². The van der Waals surface area contributed by atoms with E-state index in [1.807, 2.05) is 35.4 Å². The summed E-state index contributed by atoms with van der Waals surface area (Å²) in [5, 5.41) is 5.83. The molecule has 0 aromatic carbocycles. The SMILES string of the molecule is Cc1cc([C@@H]2CCCN2C(=O)c2cccs2)on1. The zero-order valence-corrected chi connectivity index (χ0v) is 10.9. The van der Waals surface area contributed by atoms with Gasteiger partial charge in [-0.1, -0.05) is 11.2 Å². The number of thiophene rings is 1. The van der Waals surface area contributed by atoms with Crippen LogP contribution in [0.3, 0.4) is 0 Å². The average molecular weight is 262 g/mol. The Hall–Kier alpha value is -1.62. The van der Waals surface area contributed by atoms with Crippen LogP contribution in [0.2, 0.25) is 0 Å². The number of rotatable bonds is 2. The normalized spacial score (nSPS) is 19.4. The predicted octanol–water partition coefficient (Wildman–Crippen LogP) is 3.02. The van der Waals surface area contributed by atoms with E-state index in [0.29, 0.717) is 0 Å². The Bertz CT molecular complexity index is 547. The van der Waals surface area contributed by atoms with Crippen molar-refractivity contribution in [2.45, 2.75) is 25.8 Å². The number of hydrogen-bond donors (Lipinski definition) is 0. The molecule has 0 unspecified atom stereocenters. The molecule has 1 atom stereocenters. The fraction of sp³-hybridized carbons (Fsp3) is 0.385. The third-order valence-corrected chi connectivity index (χ3v) is 4.08. The molecule has 0 spiro atoms. The van der Waals surface area contributed by atoms with Crippen LogP contribution in [0.25, 0.3) is 0 Å². The third-order valence-electron chi connectivity index (χ3n) is 3.22. The number of amides is 1. The summed E-state index contributed by atoms with van der Waals surface area (Å²) in [4.78, 5) is 15.1. The van der Waals surface area contributed by atoms with E-state index in [-0.39, 0.29) is 11.9 Å². The Morgan fingerprint density at radius 2 is 2.50 bits per heavy atom. The minimum Gasteiger partial charge on any atom is -0.359 e. The maximum atomic E-state index is 12.4. The standard InChI is InChI=1S/C13H14N2O2S/c1-9-8-11(17-14-9)10-4-2-6-15(10)13(16)12-5-3-7-18-12/h3,5,7-8,10H,2,4,6H2,1H3/t10-/m0/s1. The number of aryl methyl sites for hydroxylation is 1. The Morgan fingerprint density at radius 3 is 3.17 bits per heavy atom. The van der Waals surface area contributed by atoms with Crippen molar-refractivity contribution in [2.75, 3.05) is 6.54 Å². The summed E-state index contributed by atoms with van der Waals surface area (Å²) in [5.74, 6) is 0.899. The summed E-state index contributed by atoms with van der Waals surface area (Å²) < 4.78 is 5.31. The molecule has 2 aromatic rings. The van der Waals surface area contributed by atoms with Crippen LogP contribution in [0.4, 0.5) is 0 Å². The zero-order valence-electron chi connectivity index (χ0n) is 10.1. The van der Waals surface area contributed by atoms with Gasteiger partial charge < -0.3 is 9.42 Å². The van der Waals surface area contributed by atoms with Gasteiger partial charge in [-0.15, -0.1) is 11.3 Å². The molecule has 94 valence electrons. The molecule has 0 bridgehead atoms. The molecule has 0 saturated carbocycles. The minimum absolute atomic E-state index is 0.0424. The van der Waals surface area contributed by atoms with E-state index < -0.39 is 0 Å². The summed E-state index contributed by atoms with van der Waals surface area (Å²) in [6, 6.07) is 5.74. The second kappa shape index (κ2) is 4.57. The van der Waals surface area contributed by atoms with Gasteiger partial charge in [0.05, 0.1) is 16.6 Å². The number of aromatic nitrogens is 1. The van der Waals surface area contributed by atoms with E-state index in [2.05, 4.69) is 5.16 Å². The van der Waals surface area contributed by atoms with Crippen LogP contribution < -0.4 is 0 Å². The van der Waals surface area contributed by atoms with Crippen LogP contribution in [0.1, 0.15) is 40.0 Å². The van der Waals surface area contributed by atoms with Crippen molar-refractivity contribution in [2.24, 2.45) is 0 Å². The monoisotopic (exact) mass is 262 g/mol. The number of nitrogens with zero attached hydrogens (tertiary/aromatic N) is 2. The highest BCUT2D eigenvalue weighted by Gasteiger charge is 2.33. The molecule has 4 nitrogen and oxygen atoms in total. The Morgan fingerprint density at radius 1 is 1.61 bits per heavy atom. The smallest absolute Gasteiger partial charge is 0.264 e. The largest absolute Gasteiger partial charge is 0.359 e. The maximum absolute atomic E-state index is 12.4. The topological polar surface area (TPSA) is 46.3 Å². The molecule has 1 amide bonds. The molecule has 1 aliphatic heterocycles. The molecule has 2 aromatic heterocycles.